The van der Waals surface area contributed by atoms with Crippen molar-refractivity contribution in [2.75, 3.05) is 0 Å². The summed E-state index contributed by atoms with van der Waals surface area (Å²) in [5.74, 6) is 4.09. The predicted molar refractivity (Wildman–Crippen MR) is 266 cm³/mol. The molecule has 8 aromatic carbocycles. The first-order valence-electron chi connectivity index (χ1n) is 22.1. The van der Waals surface area contributed by atoms with E-state index in [1.807, 2.05) is 127 Å². The van der Waals surface area contributed by atoms with Crippen LogP contribution in [0.25, 0.3) is 119 Å². The van der Waals surface area contributed by atoms with Crippen molar-refractivity contribution in [1.29, 1.82) is 0 Å². The lowest BCUT2D eigenvalue weighted by atomic mass is 10.0. The van der Waals surface area contributed by atoms with Gasteiger partial charge in [-0.3, -0.25) is 8.97 Å². The highest BCUT2D eigenvalue weighted by molar-refractivity contribution is 6.10. The molecule has 0 amide bonds. The second-order valence-corrected chi connectivity index (χ2v) is 16.3. The van der Waals surface area contributed by atoms with Gasteiger partial charge in [-0.2, -0.15) is 15.0 Å². The van der Waals surface area contributed by atoms with Gasteiger partial charge in [0.15, 0.2) is 34.8 Å². The summed E-state index contributed by atoms with van der Waals surface area (Å²) >= 11 is 0. The van der Waals surface area contributed by atoms with E-state index in [2.05, 4.69) is 105 Å². The zero-order valence-corrected chi connectivity index (χ0v) is 35.8. The number of para-hydroxylation sites is 2. The minimum absolute atomic E-state index is 0.462. The highest BCUT2D eigenvalue weighted by atomic mass is 15.3. The molecule has 0 fully saturated rings. The monoisotopic (exact) mass is 860 g/mol. The van der Waals surface area contributed by atoms with Gasteiger partial charge in [0, 0.05) is 38.9 Å². The number of hydrogen-bond acceptors (Lipinski definition) is 7. The van der Waals surface area contributed by atoms with Crippen molar-refractivity contribution in [2.45, 2.75) is 0 Å². The molecule has 5 heterocycles. The minimum Gasteiger partial charge on any atom is -0.292 e. The molecule has 0 unspecified atom stereocenters. The Labute approximate surface area is 383 Å². The molecule has 0 saturated carbocycles. The van der Waals surface area contributed by atoms with Gasteiger partial charge in [-0.1, -0.05) is 182 Å². The van der Waals surface area contributed by atoms with E-state index in [1.54, 1.807) is 0 Å². The molecular weight excluding hydrogens is 825 g/mol. The molecule has 0 radical (unpaired) electrons. The van der Waals surface area contributed by atoms with Crippen LogP contribution in [0.4, 0.5) is 0 Å². The van der Waals surface area contributed by atoms with Crippen molar-refractivity contribution in [2.24, 2.45) is 0 Å². The fourth-order valence-electron chi connectivity index (χ4n) is 9.04. The number of benzene rings is 8. The Balaban J connectivity index is 1.06. The average Bonchev–Trinajstić information content (AvgIpc) is 4.05. The third-order valence-corrected chi connectivity index (χ3v) is 12.2. The van der Waals surface area contributed by atoms with E-state index in [1.165, 1.54) is 0 Å². The SMILES string of the molecule is c1ccc(-c2nc(-c3ccccc3)nc(-c3cccc(-c4ccc5c(c4)n4c6c7ccccc7n(-c7ccccc7)c6nc4n5-c4nc(-c5ccccc5)nc(-c5ccccc5)n4)c3)n2)cc1. The van der Waals surface area contributed by atoms with Crippen LogP contribution < -0.4 is 0 Å². The third-order valence-electron chi connectivity index (χ3n) is 12.2. The standard InChI is InChI=1S/C57H36N10/c1-6-19-37(20-7-1)50-58-51(38-21-8-2-9-22-38)60-54(59-50)43-28-18-27-41(35-43)42-33-34-47-48(36-42)66-49-45-31-16-17-32-46(45)65(44-29-14-5-15-30-44)55(49)64-57(66)67(47)56-62-52(39-23-10-3-11-24-39)61-53(63-56)40-25-12-4-13-26-40/h1-36H. The number of aromatic nitrogens is 10. The smallest absolute Gasteiger partial charge is 0.241 e. The summed E-state index contributed by atoms with van der Waals surface area (Å²) < 4.78 is 6.57. The molecule has 0 N–H and O–H groups in total. The number of fused-ring (bicyclic) bond motifs is 7. The van der Waals surface area contributed by atoms with Crippen molar-refractivity contribution in [3.05, 3.63) is 218 Å². The molecule has 10 nitrogen and oxygen atoms in total. The molecule has 0 aliphatic rings. The first-order chi connectivity index (χ1) is 33.2. The molecule has 67 heavy (non-hydrogen) atoms. The van der Waals surface area contributed by atoms with E-state index in [0.29, 0.717) is 40.8 Å². The number of hydrogen-bond donors (Lipinski definition) is 0. The molecule has 0 aliphatic carbocycles. The van der Waals surface area contributed by atoms with E-state index < -0.39 is 0 Å². The lowest BCUT2D eigenvalue weighted by Crippen LogP contribution is -2.07. The number of imidazole rings is 2. The Morgan fingerprint density at radius 2 is 0.731 bits per heavy atom. The van der Waals surface area contributed by atoms with Gasteiger partial charge in [0.1, 0.15) is 5.52 Å². The van der Waals surface area contributed by atoms with Crippen LogP contribution in [0.2, 0.25) is 0 Å². The maximum absolute atomic E-state index is 5.54. The Kier molecular flexibility index (Phi) is 8.92. The van der Waals surface area contributed by atoms with Gasteiger partial charge in [0.2, 0.25) is 11.7 Å². The van der Waals surface area contributed by atoms with E-state index in [-0.39, 0.29) is 0 Å². The van der Waals surface area contributed by atoms with Gasteiger partial charge >= 0.3 is 0 Å². The first kappa shape index (κ1) is 38.1. The van der Waals surface area contributed by atoms with Gasteiger partial charge in [-0.25, -0.2) is 24.5 Å². The summed E-state index contributed by atoms with van der Waals surface area (Å²) in [4.78, 5) is 36.0. The predicted octanol–water partition coefficient (Wildman–Crippen LogP) is 12.7. The third kappa shape index (κ3) is 6.54. The summed E-state index contributed by atoms with van der Waals surface area (Å²) in [6.07, 6.45) is 0. The van der Waals surface area contributed by atoms with Gasteiger partial charge in [-0.05, 0) is 47.5 Å². The van der Waals surface area contributed by atoms with Crippen LogP contribution >= 0.6 is 0 Å². The Morgan fingerprint density at radius 3 is 1.30 bits per heavy atom. The van der Waals surface area contributed by atoms with Crippen molar-refractivity contribution in [3.63, 3.8) is 0 Å². The van der Waals surface area contributed by atoms with Crippen molar-refractivity contribution in [1.82, 2.24) is 48.4 Å². The van der Waals surface area contributed by atoms with Crippen LogP contribution in [0, 0.1) is 0 Å². The Hall–Kier alpha value is -9.41. The average molecular weight is 861 g/mol. The maximum Gasteiger partial charge on any atom is 0.241 e. The second-order valence-electron chi connectivity index (χ2n) is 16.3. The summed E-state index contributed by atoms with van der Waals surface area (Å²) in [5, 5.41) is 1.07. The second kappa shape index (κ2) is 15.7. The number of nitrogens with zero attached hydrogens (tertiary/aromatic N) is 10. The van der Waals surface area contributed by atoms with E-state index in [4.69, 9.17) is 34.9 Å². The summed E-state index contributed by atoms with van der Waals surface area (Å²) in [5.41, 5.74) is 12.2. The van der Waals surface area contributed by atoms with Crippen LogP contribution in [0.15, 0.2) is 218 Å². The molecule has 13 rings (SSSR count). The van der Waals surface area contributed by atoms with Crippen LogP contribution in [-0.2, 0) is 0 Å². The van der Waals surface area contributed by atoms with Crippen molar-refractivity contribution < 1.29 is 0 Å². The first-order valence-corrected chi connectivity index (χ1v) is 22.1. The molecule has 0 aliphatic heterocycles. The van der Waals surface area contributed by atoms with Crippen molar-refractivity contribution >= 4 is 38.9 Å². The van der Waals surface area contributed by atoms with E-state index in [0.717, 1.165) is 77.7 Å². The zero-order chi connectivity index (χ0) is 44.3. The fourth-order valence-corrected chi connectivity index (χ4v) is 9.04. The normalized spacial score (nSPS) is 11.6. The zero-order valence-electron chi connectivity index (χ0n) is 35.8. The van der Waals surface area contributed by atoms with Crippen LogP contribution in [0.5, 0.6) is 0 Å². The lowest BCUT2D eigenvalue weighted by Gasteiger charge is -2.11. The molecule has 0 bridgehead atoms. The van der Waals surface area contributed by atoms with Gasteiger partial charge in [0.25, 0.3) is 0 Å². The highest BCUT2D eigenvalue weighted by Crippen LogP contribution is 2.38. The fraction of sp³-hybridized carbons (Fsp3) is 0. The maximum atomic E-state index is 5.54. The highest BCUT2D eigenvalue weighted by Gasteiger charge is 2.26. The molecule has 0 saturated heterocycles. The molecule has 10 heteroatoms. The Bertz CT molecular complexity index is 3840. The minimum atomic E-state index is 0.462. The van der Waals surface area contributed by atoms with Gasteiger partial charge in [-0.15, -0.1) is 0 Å². The topological polar surface area (TPSA) is 105 Å². The number of rotatable bonds is 8. The summed E-state index contributed by atoms with van der Waals surface area (Å²) in [7, 11) is 0. The Morgan fingerprint density at radius 1 is 0.284 bits per heavy atom. The molecule has 13 aromatic rings. The molecule has 314 valence electrons. The molecular formula is C57H36N10. The van der Waals surface area contributed by atoms with Crippen molar-refractivity contribution in [3.8, 4) is 79.7 Å². The summed E-state index contributed by atoms with van der Waals surface area (Å²) in [6.45, 7) is 0. The molecule has 5 aromatic heterocycles. The van der Waals surface area contributed by atoms with Gasteiger partial charge in [0.05, 0.1) is 16.6 Å². The van der Waals surface area contributed by atoms with E-state index >= 15 is 0 Å². The van der Waals surface area contributed by atoms with E-state index in [9.17, 15) is 0 Å². The molecule has 0 spiro atoms. The largest absolute Gasteiger partial charge is 0.292 e. The van der Waals surface area contributed by atoms with Crippen LogP contribution in [0.1, 0.15) is 0 Å². The lowest BCUT2D eigenvalue weighted by molar-refractivity contribution is 0.936. The molecule has 0 atom stereocenters. The summed E-state index contributed by atoms with van der Waals surface area (Å²) in [6, 6.07) is 74.0. The van der Waals surface area contributed by atoms with Gasteiger partial charge < -0.3 is 0 Å². The quantitative estimate of drug-likeness (QED) is 0.150. The van der Waals surface area contributed by atoms with Crippen LogP contribution in [-0.4, -0.2) is 48.4 Å². The van der Waals surface area contributed by atoms with Crippen LogP contribution in [0.3, 0.4) is 0 Å².